The van der Waals surface area contributed by atoms with Crippen LogP contribution in [0, 0.1) is 6.92 Å². The van der Waals surface area contributed by atoms with E-state index in [0.29, 0.717) is 40.0 Å². The predicted molar refractivity (Wildman–Crippen MR) is 103 cm³/mol. The SMILES string of the molecule is COc1ccccc1Oc1ccc(NC(=O)c2c(C)noc2C(C)C)cc1. The van der Waals surface area contributed by atoms with Crippen molar-refractivity contribution in [1.82, 2.24) is 5.16 Å². The third-order valence-electron chi connectivity index (χ3n) is 4.05. The maximum absolute atomic E-state index is 12.6. The van der Waals surface area contributed by atoms with Crippen molar-refractivity contribution in [3.63, 3.8) is 0 Å². The number of nitrogens with one attached hydrogen (secondary N) is 1. The van der Waals surface area contributed by atoms with Crippen LogP contribution in [0.5, 0.6) is 17.2 Å². The lowest BCUT2D eigenvalue weighted by atomic mass is 10.0. The first-order chi connectivity index (χ1) is 13.0. The number of aromatic nitrogens is 1. The zero-order chi connectivity index (χ0) is 19.4. The maximum atomic E-state index is 12.6. The molecule has 0 atom stereocenters. The van der Waals surface area contributed by atoms with Crippen molar-refractivity contribution in [3.05, 3.63) is 65.5 Å². The quantitative estimate of drug-likeness (QED) is 0.652. The van der Waals surface area contributed by atoms with Crippen molar-refractivity contribution in [2.24, 2.45) is 0 Å². The fourth-order valence-electron chi connectivity index (χ4n) is 2.69. The fraction of sp³-hybridized carbons (Fsp3) is 0.238. The predicted octanol–water partition coefficient (Wildman–Crippen LogP) is 5.16. The number of benzene rings is 2. The van der Waals surface area contributed by atoms with Crippen LogP contribution in [0.3, 0.4) is 0 Å². The number of carbonyl (C=O) groups is 1. The average molecular weight is 366 g/mol. The van der Waals surface area contributed by atoms with Gasteiger partial charge in [-0.15, -0.1) is 0 Å². The summed E-state index contributed by atoms with van der Waals surface area (Å²) in [6.07, 6.45) is 0. The van der Waals surface area contributed by atoms with Gasteiger partial charge in [-0.25, -0.2) is 0 Å². The molecule has 1 N–H and O–H groups in total. The maximum Gasteiger partial charge on any atom is 0.261 e. The van der Waals surface area contributed by atoms with E-state index >= 15 is 0 Å². The Balaban J connectivity index is 1.73. The highest BCUT2D eigenvalue weighted by molar-refractivity contribution is 6.05. The molecular weight excluding hydrogens is 344 g/mol. The number of rotatable bonds is 6. The summed E-state index contributed by atoms with van der Waals surface area (Å²) < 4.78 is 16.4. The molecule has 1 heterocycles. The zero-order valence-corrected chi connectivity index (χ0v) is 15.8. The molecule has 140 valence electrons. The Labute approximate surface area is 158 Å². The number of ether oxygens (including phenoxy) is 2. The summed E-state index contributed by atoms with van der Waals surface area (Å²) in [7, 11) is 1.60. The minimum Gasteiger partial charge on any atom is -0.493 e. The Kier molecular flexibility index (Phi) is 5.45. The molecule has 0 unspecified atom stereocenters. The van der Waals surface area contributed by atoms with Gasteiger partial charge in [-0.05, 0) is 43.3 Å². The molecule has 0 bridgehead atoms. The smallest absolute Gasteiger partial charge is 0.261 e. The van der Waals surface area contributed by atoms with Crippen LogP contribution in [-0.2, 0) is 0 Å². The standard InChI is InChI=1S/C21H22N2O4/c1-13(2)20-19(14(3)23-27-20)21(24)22-15-9-11-16(12-10-15)26-18-8-6-5-7-17(18)25-4/h5-13H,1-4H3,(H,22,24). The summed E-state index contributed by atoms with van der Waals surface area (Å²) in [6, 6.07) is 14.5. The van der Waals surface area contributed by atoms with Gasteiger partial charge in [0.1, 0.15) is 11.3 Å². The topological polar surface area (TPSA) is 73.6 Å². The lowest BCUT2D eigenvalue weighted by Crippen LogP contribution is -2.14. The Morgan fingerprint density at radius 2 is 1.74 bits per heavy atom. The first-order valence-corrected chi connectivity index (χ1v) is 8.68. The van der Waals surface area contributed by atoms with Gasteiger partial charge in [0.15, 0.2) is 17.3 Å². The van der Waals surface area contributed by atoms with Crippen LogP contribution in [0.2, 0.25) is 0 Å². The number of amides is 1. The number of para-hydroxylation sites is 2. The van der Waals surface area contributed by atoms with Gasteiger partial charge >= 0.3 is 0 Å². The second-order valence-corrected chi connectivity index (χ2v) is 6.39. The van der Waals surface area contributed by atoms with E-state index in [4.69, 9.17) is 14.0 Å². The molecule has 0 aliphatic carbocycles. The van der Waals surface area contributed by atoms with Crippen molar-refractivity contribution < 1.29 is 18.8 Å². The van der Waals surface area contributed by atoms with Crippen LogP contribution in [0.25, 0.3) is 0 Å². The Bertz CT molecular complexity index is 930. The van der Waals surface area contributed by atoms with Gasteiger partial charge in [-0.1, -0.05) is 31.1 Å². The second kappa shape index (κ2) is 7.95. The van der Waals surface area contributed by atoms with Gasteiger partial charge in [0.05, 0.1) is 12.8 Å². The van der Waals surface area contributed by atoms with Crippen molar-refractivity contribution >= 4 is 11.6 Å². The fourth-order valence-corrected chi connectivity index (χ4v) is 2.69. The van der Waals surface area contributed by atoms with Crippen molar-refractivity contribution in [3.8, 4) is 17.2 Å². The minimum atomic E-state index is -0.240. The van der Waals surface area contributed by atoms with Crippen LogP contribution in [0.15, 0.2) is 53.1 Å². The molecule has 3 rings (SSSR count). The molecule has 27 heavy (non-hydrogen) atoms. The van der Waals surface area contributed by atoms with Crippen LogP contribution in [0.4, 0.5) is 5.69 Å². The summed E-state index contributed by atoms with van der Waals surface area (Å²) >= 11 is 0. The molecule has 0 radical (unpaired) electrons. The monoisotopic (exact) mass is 366 g/mol. The Morgan fingerprint density at radius 1 is 1.07 bits per heavy atom. The number of anilines is 1. The van der Waals surface area contributed by atoms with Gasteiger partial charge < -0.3 is 19.3 Å². The second-order valence-electron chi connectivity index (χ2n) is 6.39. The molecule has 1 amide bonds. The number of nitrogens with zero attached hydrogens (tertiary/aromatic N) is 1. The highest BCUT2D eigenvalue weighted by Crippen LogP contribution is 2.31. The lowest BCUT2D eigenvalue weighted by Gasteiger charge is -2.11. The van der Waals surface area contributed by atoms with Crippen LogP contribution in [-0.4, -0.2) is 18.2 Å². The van der Waals surface area contributed by atoms with E-state index in [1.54, 1.807) is 38.3 Å². The van der Waals surface area contributed by atoms with Gasteiger partial charge in [0.25, 0.3) is 5.91 Å². The number of carbonyl (C=O) groups excluding carboxylic acids is 1. The van der Waals surface area contributed by atoms with Gasteiger partial charge in [0.2, 0.25) is 0 Å². The summed E-state index contributed by atoms with van der Waals surface area (Å²) in [5.74, 6) is 2.33. The van der Waals surface area contributed by atoms with Crippen molar-refractivity contribution in [2.45, 2.75) is 26.7 Å². The average Bonchev–Trinajstić information content (AvgIpc) is 3.06. The van der Waals surface area contributed by atoms with Crippen LogP contribution >= 0.6 is 0 Å². The van der Waals surface area contributed by atoms with Gasteiger partial charge in [-0.3, -0.25) is 4.79 Å². The van der Waals surface area contributed by atoms with Gasteiger partial charge in [0, 0.05) is 11.6 Å². The molecule has 0 aliphatic heterocycles. The van der Waals surface area contributed by atoms with Crippen molar-refractivity contribution in [2.75, 3.05) is 12.4 Å². The van der Waals surface area contributed by atoms with Gasteiger partial charge in [-0.2, -0.15) is 0 Å². The summed E-state index contributed by atoms with van der Waals surface area (Å²) in [4.78, 5) is 12.6. The summed E-state index contributed by atoms with van der Waals surface area (Å²) in [6.45, 7) is 5.68. The molecule has 3 aromatic rings. The third-order valence-corrected chi connectivity index (χ3v) is 4.05. The van der Waals surface area contributed by atoms with E-state index in [9.17, 15) is 4.79 Å². The number of methoxy groups -OCH3 is 1. The minimum absolute atomic E-state index is 0.0728. The van der Waals surface area contributed by atoms with E-state index in [-0.39, 0.29) is 11.8 Å². The molecule has 0 fully saturated rings. The highest BCUT2D eigenvalue weighted by Gasteiger charge is 2.22. The van der Waals surface area contributed by atoms with E-state index in [2.05, 4.69) is 10.5 Å². The molecule has 6 heteroatoms. The normalized spacial score (nSPS) is 10.7. The Hall–Kier alpha value is -3.28. The van der Waals surface area contributed by atoms with E-state index < -0.39 is 0 Å². The van der Waals surface area contributed by atoms with E-state index in [0.717, 1.165) is 0 Å². The number of hydrogen-bond donors (Lipinski definition) is 1. The first-order valence-electron chi connectivity index (χ1n) is 8.68. The van der Waals surface area contributed by atoms with Crippen LogP contribution in [0.1, 0.15) is 41.6 Å². The summed E-state index contributed by atoms with van der Waals surface area (Å²) in [5, 5.41) is 6.78. The molecule has 0 saturated carbocycles. The third kappa shape index (κ3) is 4.11. The van der Waals surface area contributed by atoms with Crippen molar-refractivity contribution in [1.29, 1.82) is 0 Å². The molecule has 0 aliphatic rings. The van der Waals surface area contributed by atoms with Crippen LogP contribution < -0.4 is 14.8 Å². The number of hydrogen-bond acceptors (Lipinski definition) is 5. The summed E-state index contributed by atoms with van der Waals surface area (Å²) in [5.41, 5.74) is 1.72. The molecule has 2 aromatic carbocycles. The number of aryl methyl sites for hydroxylation is 1. The molecular formula is C21H22N2O4. The molecule has 0 saturated heterocycles. The molecule has 6 nitrogen and oxygen atoms in total. The highest BCUT2D eigenvalue weighted by atomic mass is 16.5. The molecule has 1 aromatic heterocycles. The largest absolute Gasteiger partial charge is 0.493 e. The Morgan fingerprint density at radius 3 is 2.37 bits per heavy atom. The zero-order valence-electron chi connectivity index (χ0n) is 15.8. The lowest BCUT2D eigenvalue weighted by molar-refractivity contribution is 0.102. The molecule has 0 spiro atoms. The van der Waals surface area contributed by atoms with E-state index in [1.165, 1.54) is 0 Å². The van der Waals surface area contributed by atoms with E-state index in [1.807, 2.05) is 38.1 Å². The first kappa shape index (κ1) is 18.5.